The third-order valence-corrected chi connectivity index (χ3v) is 3.79. The topological polar surface area (TPSA) is 61.1 Å². The van der Waals surface area contributed by atoms with Gasteiger partial charge in [0.25, 0.3) is 0 Å². The molecule has 1 heterocycles. The van der Waals surface area contributed by atoms with E-state index in [0.717, 1.165) is 11.5 Å². The SMILES string of the molecule is CSc1nsc(N/N=C/c2ccccc2F)c1C#N. The van der Waals surface area contributed by atoms with E-state index in [4.69, 9.17) is 5.26 Å². The van der Waals surface area contributed by atoms with E-state index >= 15 is 0 Å². The van der Waals surface area contributed by atoms with Gasteiger partial charge in [0.2, 0.25) is 0 Å². The lowest BCUT2D eigenvalue weighted by molar-refractivity contribution is 0.626. The normalized spacial score (nSPS) is 10.6. The van der Waals surface area contributed by atoms with Crippen LogP contribution in [0.25, 0.3) is 0 Å². The van der Waals surface area contributed by atoms with Gasteiger partial charge >= 0.3 is 0 Å². The average Bonchev–Trinajstić information content (AvgIpc) is 2.83. The lowest BCUT2D eigenvalue weighted by Crippen LogP contribution is -1.92. The molecule has 0 radical (unpaired) electrons. The van der Waals surface area contributed by atoms with Crippen LogP contribution in [0.3, 0.4) is 0 Å². The van der Waals surface area contributed by atoms with Gasteiger partial charge in [-0.25, -0.2) is 4.39 Å². The molecule has 96 valence electrons. The van der Waals surface area contributed by atoms with Crippen molar-refractivity contribution in [1.29, 1.82) is 5.26 Å². The molecule has 7 heteroatoms. The number of nitrogens with zero attached hydrogens (tertiary/aromatic N) is 3. The van der Waals surface area contributed by atoms with E-state index in [0.29, 0.717) is 21.2 Å². The van der Waals surface area contributed by atoms with Crippen LogP contribution in [0.5, 0.6) is 0 Å². The molecule has 0 unspecified atom stereocenters. The molecule has 0 aliphatic rings. The van der Waals surface area contributed by atoms with Crippen LogP contribution < -0.4 is 5.43 Å². The van der Waals surface area contributed by atoms with Crippen LogP contribution >= 0.6 is 23.3 Å². The smallest absolute Gasteiger partial charge is 0.148 e. The van der Waals surface area contributed by atoms with Gasteiger partial charge in [-0.1, -0.05) is 18.2 Å². The van der Waals surface area contributed by atoms with E-state index in [1.54, 1.807) is 18.2 Å². The molecule has 0 bridgehead atoms. The molecule has 0 amide bonds. The van der Waals surface area contributed by atoms with E-state index in [1.807, 2.05) is 6.26 Å². The molecule has 2 aromatic rings. The highest BCUT2D eigenvalue weighted by molar-refractivity contribution is 7.98. The fourth-order valence-corrected chi connectivity index (χ4v) is 2.75. The molecule has 19 heavy (non-hydrogen) atoms. The minimum atomic E-state index is -0.345. The van der Waals surface area contributed by atoms with Gasteiger partial charge in [0.15, 0.2) is 0 Å². The third-order valence-electron chi connectivity index (χ3n) is 2.24. The fourth-order valence-electron chi connectivity index (χ4n) is 1.33. The van der Waals surface area contributed by atoms with Gasteiger partial charge in [-0.05, 0) is 23.9 Å². The molecule has 4 nitrogen and oxygen atoms in total. The molecule has 0 fully saturated rings. The number of nitriles is 1. The van der Waals surface area contributed by atoms with E-state index in [1.165, 1.54) is 24.0 Å². The van der Waals surface area contributed by atoms with Gasteiger partial charge < -0.3 is 0 Å². The number of hydrogen-bond acceptors (Lipinski definition) is 6. The second-order valence-corrected chi connectivity index (χ2v) is 4.97. The van der Waals surface area contributed by atoms with E-state index in [2.05, 4.69) is 21.0 Å². The highest BCUT2D eigenvalue weighted by Crippen LogP contribution is 2.29. The Labute approximate surface area is 118 Å². The minimum Gasteiger partial charge on any atom is -0.266 e. The number of anilines is 1. The summed E-state index contributed by atoms with van der Waals surface area (Å²) in [6, 6.07) is 8.39. The maximum Gasteiger partial charge on any atom is 0.148 e. The first-order valence-electron chi connectivity index (χ1n) is 5.23. The molecular formula is C12H9FN4S2. The van der Waals surface area contributed by atoms with Crippen LogP contribution in [0.15, 0.2) is 34.4 Å². The van der Waals surface area contributed by atoms with Crippen molar-refractivity contribution < 1.29 is 4.39 Å². The zero-order valence-corrected chi connectivity index (χ0v) is 11.6. The van der Waals surface area contributed by atoms with Gasteiger partial charge in [0, 0.05) is 5.56 Å². The molecule has 0 aliphatic carbocycles. The summed E-state index contributed by atoms with van der Waals surface area (Å²) in [5.74, 6) is -0.345. The summed E-state index contributed by atoms with van der Waals surface area (Å²) in [4.78, 5) is 0. The van der Waals surface area contributed by atoms with Crippen molar-refractivity contribution >= 4 is 34.5 Å². The monoisotopic (exact) mass is 292 g/mol. The summed E-state index contributed by atoms with van der Waals surface area (Å²) >= 11 is 2.55. The Kier molecular flexibility index (Phi) is 4.49. The van der Waals surface area contributed by atoms with Gasteiger partial charge in [0.05, 0.1) is 6.21 Å². The summed E-state index contributed by atoms with van der Waals surface area (Å²) in [7, 11) is 0. The third kappa shape index (κ3) is 3.10. The Bertz CT molecular complexity index is 645. The van der Waals surface area contributed by atoms with E-state index < -0.39 is 0 Å². The van der Waals surface area contributed by atoms with E-state index in [-0.39, 0.29) is 5.82 Å². The van der Waals surface area contributed by atoms with Crippen molar-refractivity contribution in [3.05, 3.63) is 41.2 Å². The summed E-state index contributed by atoms with van der Waals surface area (Å²) in [5, 5.41) is 14.2. The Morgan fingerprint density at radius 3 is 3.00 bits per heavy atom. The van der Waals surface area contributed by atoms with Gasteiger partial charge in [-0.2, -0.15) is 14.7 Å². The molecule has 1 aromatic carbocycles. The molecule has 0 saturated carbocycles. The van der Waals surface area contributed by atoms with Crippen molar-refractivity contribution in [2.24, 2.45) is 5.10 Å². The Morgan fingerprint density at radius 1 is 1.53 bits per heavy atom. The number of benzene rings is 1. The second-order valence-electron chi connectivity index (χ2n) is 3.40. The average molecular weight is 292 g/mol. The van der Waals surface area contributed by atoms with Crippen molar-refractivity contribution in [3.8, 4) is 6.07 Å². The molecule has 0 saturated heterocycles. The lowest BCUT2D eigenvalue weighted by Gasteiger charge is -1.97. The van der Waals surface area contributed by atoms with Crippen molar-refractivity contribution in [2.45, 2.75) is 5.03 Å². The number of halogens is 1. The highest BCUT2D eigenvalue weighted by atomic mass is 32.2. The molecule has 1 N–H and O–H groups in total. The quantitative estimate of drug-likeness (QED) is 0.533. The first-order valence-corrected chi connectivity index (χ1v) is 7.23. The molecule has 0 aliphatic heterocycles. The Hall–Kier alpha value is -1.91. The molecule has 1 aromatic heterocycles. The predicted molar refractivity (Wildman–Crippen MR) is 76.2 cm³/mol. The first-order chi connectivity index (χ1) is 9.26. The lowest BCUT2D eigenvalue weighted by atomic mass is 10.2. The zero-order chi connectivity index (χ0) is 13.7. The van der Waals surface area contributed by atoms with Crippen LogP contribution in [0.2, 0.25) is 0 Å². The summed E-state index contributed by atoms with van der Waals surface area (Å²) in [6.07, 6.45) is 3.22. The summed E-state index contributed by atoms with van der Waals surface area (Å²) in [6.45, 7) is 0. The highest BCUT2D eigenvalue weighted by Gasteiger charge is 2.11. The van der Waals surface area contributed by atoms with Crippen molar-refractivity contribution in [2.75, 3.05) is 11.7 Å². The minimum absolute atomic E-state index is 0.345. The summed E-state index contributed by atoms with van der Waals surface area (Å²) in [5.41, 5.74) is 3.56. The molecule has 0 spiro atoms. The fraction of sp³-hybridized carbons (Fsp3) is 0.0833. The predicted octanol–water partition coefficient (Wildman–Crippen LogP) is 3.32. The first kappa shape index (κ1) is 13.5. The van der Waals surface area contributed by atoms with Gasteiger partial charge in [0.1, 0.15) is 27.5 Å². The number of thioether (sulfide) groups is 1. The van der Waals surface area contributed by atoms with Gasteiger partial charge in [-0.3, -0.25) is 5.43 Å². The number of rotatable bonds is 4. The number of hydrazone groups is 1. The maximum atomic E-state index is 13.3. The number of aromatic nitrogens is 1. The number of nitrogens with one attached hydrogen (secondary N) is 1. The van der Waals surface area contributed by atoms with Crippen LogP contribution in [0, 0.1) is 17.1 Å². The van der Waals surface area contributed by atoms with Crippen LogP contribution in [0.4, 0.5) is 9.39 Å². The largest absolute Gasteiger partial charge is 0.266 e. The zero-order valence-electron chi connectivity index (χ0n) is 9.92. The van der Waals surface area contributed by atoms with Crippen LogP contribution in [0.1, 0.15) is 11.1 Å². The molecule has 0 atom stereocenters. The Morgan fingerprint density at radius 2 is 2.32 bits per heavy atom. The molecule has 2 rings (SSSR count). The second kappa shape index (κ2) is 6.31. The van der Waals surface area contributed by atoms with E-state index in [9.17, 15) is 4.39 Å². The van der Waals surface area contributed by atoms with Crippen LogP contribution in [-0.2, 0) is 0 Å². The standard InChI is InChI=1S/C12H9FN4S2/c1-18-12-9(6-14)11(19-17-12)16-15-7-8-4-2-3-5-10(8)13/h2-5,7,16H,1H3/b15-7+. The maximum absolute atomic E-state index is 13.3. The number of hydrogen-bond donors (Lipinski definition) is 1. The van der Waals surface area contributed by atoms with Crippen molar-refractivity contribution in [3.63, 3.8) is 0 Å². The van der Waals surface area contributed by atoms with Crippen molar-refractivity contribution in [1.82, 2.24) is 4.37 Å². The van der Waals surface area contributed by atoms with Crippen LogP contribution in [-0.4, -0.2) is 16.8 Å². The molecular weight excluding hydrogens is 283 g/mol. The van der Waals surface area contributed by atoms with Gasteiger partial charge in [-0.15, -0.1) is 11.8 Å². The summed E-state index contributed by atoms with van der Waals surface area (Å²) < 4.78 is 17.5. The Balaban J connectivity index is 2.14.